The number of aliphatic hydroxyl groups is 1. The maximum Gasteiger partial charge on any atom is 0.336 e. The van der Waals surface area contributed by atoms with E-state index in [1.165, 1.54) is 12.3 Å². The zero-order valence-electron chi connectivity index (χ0n) is 16.3. The largest absolute Gasteiger partial charge is 0.495 e. The monoisotopic (exact) mass is 384 g/mol. The molecule has 0 saturated carbocycles. The van der Waals surface area contributed by atoms with Gasteiger partial charge in [-0.1, -0.05) is 17.7 Å². The lowest BCUT2D eigenvalue weighted by molar-refractivity contribution is 0.201. The van der Waals surface area contributed by atoms with Crippen molar-refractivity contribution in [3.63, 3.8) is 0 Å². The minimum atomic E-state index is -0.508. The van der Waals surface area contributed by atoms with Gasteiger partial charge in [-0.2, -0.15) is 0 Å². The van der Waals surface area contributed by atoms with E-state index in [9.17, 15) is 9.90 Å². The number of allylic oxidation sites excluding steroid dienone is 1. The number of ether oxygens (including phenoxy) is 2. The summed E-state index contributed by atoms with van der Waals surface area (Å²) in [5, 5.41) is 11.2. The molecule has 0 bridgehead atoms. The Morgan fingerprint density at radius 2 is 1.96 bits per heavy atom. The molecule has 3 rings (SSSR count). The summed E-state index contributed by atoms with van der Waals surface area (Å²) in [4.78, 5) is 11.8. The third-order valence-electron chi connectivity index (χ3n) is 4.64. The lowest BCUT2D eigenvalue weighted by atomic mass is 10.0. The SMILES string of the molecule is C=C(C)C(O)CCC(C)=CCOc1c2occc2c(OC)c2ccc(=O)oc12. The minimum Gasteiger partial charge on any atom is -0.495 e. The van der Waals surface area contributed by atoms with Gasteiger partial charge in [-0.05, 0) is 44.9 Å². The minimum absolute atomic E-state index is 0.269. The number of methoxy groups -OCH3 is 1. The van der Waals surface area contributed by atoms with Gasteiger partial charge in [-0.25, -0.2) is 4.79 Å². The fraction of sp³-hybridized carbons (Fsp3) is 0.318. The molecule has 3 aromatic rings. The van der Waals surface area contributed by atoms with Gasteiger partial charge in [-0.3, -0.25) is 0 Å². The van der Waals surface area contributed by atoms with Crippen molar-refractivity contribution in [2.75, 3.05) is 13.7 Å². The van der Waals surface area contributed by atoms with Gasteiger partial charge in [-0.15, -0.1) is 0 Å². The van der Waals surface area contributed by atoms with E-state index < -0.39 is 11.7 Å². The Labute approximate surface area is 162 Å². The van der Waals surface area contributed by atoms with E-state index in [4.69, 9.17) is 18.3 Å². The fourth-order valence-corrected chi connectivity index (χ4v) is 3.01. The van der Waals surface area contributed by atoms with Crippen LogP contribution in [0.2, 0.25) is 0 Å². The number of hydrogen-bond acceptors (Lipinski definition) is 6. The van der Waals surface area contributed by atoms with E-state index in [-0.39, 0.29) is 12.2 Å². The predicted molar refractivity (Wildman–Crippen MR) is 108 cm³/mol. The van der Waals surface area contributed by atoms with E-state index in [1.54, 1.807) is 19.2 Å². The lowest BCUT2D eigenvalue weighted by Crippen LogP contribution is -2.07. The second-order valence-corrected chi connectivity index (χ2v) is 6.79. The topological polar surface area (TPSA) is 82.0 Å². The van der Waals surface area contributed by atoms with Crippen LogP contribution in [-0.4, -0.2) is 24.9 Å². The fourth-order valence-electron chi connectivity index (χ4n) is 3.01. The van der Waals surface area contributed by atoms with E-state index in [2.05, 4.69) is 6.58 Å². The van der Waals surface area contributed by atoms with E-state index in [0.29, 0.717) is 28.9 Å². The number of aliphatic hydroxyl groups excluding tert-OH is 1. The molecule has 1 aromatic carbocycles. The lowest BCUT2D eigenvalue weighted by Gasteiger charge is -2.12. The summed E-state index contributed by atoms with van der Waals surface area (Å²) in [5.41, 5.74) is 2.10. The van der Waals surface area contributed by atoms with Crippen molar-refractivity contribution in [3.05, 3.63) is 58.7 Å². The molecule has 1 unspecified atom stereocenters. The summed E-state index contributed by atoms with van der Waals surface area (Å²) < 4.78 is 22.4. The van der Waals surface area contributed by atoms with Gasteiger partial charge in [0.2, 0.25) is 5.75 Å². The molecular formula is C22H24O6. The van der Waals surface area contributed by atoms with E-state index in [0.717, 1.165) is 23.0 Å². The highest BCUT2D eigenvalue weighted by Crippen LogP contribution is 2.42. The molecule has 6 heteroatoms. The molecule has 1 N–H and O–H groups in total. The Hall–Kier alpha value is -2.99. The Morgan fingerprint density at radius 1 is 1.21 bits per heavy atom. The highest BCUT2D eigenvalue weighted by molar-refractivity contribution is 6.06. The highest BCUT2D eigenvalue weighted by atomic mass is 16.5. The summed E-state index contributed by atoms with van der Waals surface area (Å²) in [6, 6.07) is 4.78. The first-order valence-electron chi connectivity index (χ1n) is 9.05. The van der Waals surface area contributed by atoms with Crippen molar-refractivity contribution in [1.82, 2.24) is 0 Å². The molecule has 2 aromatic heterocycles. The summed E-state index contributed by atoms with van der Waals surface area (Å²) in [6.07, 6.45) is 4.30. The van der Waals surface area contributed by atoms with Crippen molar-refractivity contribution in [3.8, 4) is 11.5 Å². The van der Waals surface area contributed by atoms with Crippen molar-refractivity contribution in [2.24, 2.45) is 0 Å². The van der Waals surface area contributed by atoms with Gasteiger partial charge in [0.15, 0.2) is 11.2 Å². The van der Waals surface area contributed by atoms with Crippen LogP contribution in [0.1, 0.15) is 26.7 Å². The maximum absolute atomic E-state index is 11.8. The van der Waals surface area contributed by atoms with Crippen LogP contribution >= 0.6 is 0 Å². The first-order chi connectivity index (χ1) is 13.4. The number of rotatable bonds is 8. The Balaban J connectivity index is 1.89. The number of fused-ring (bicyclic) bond motifs is 2. The molecule has 0 aliphatic carbocycles. The van der Waals surface area contributed by atoms with Crippen molar-refractivity contribution in [1.29, 1.82) is 0 Å². The van der Waals surface area contributed by atoms with Gasteiger partial charge in [0.25, 0.3) is 0 Å². The van der Waals surface area contributed by atoms with Gasteiger partial charge in [0, 0.05) is 6.07 Å². The third-order valence-corrected chi connectivity index (χ3v) is 4.64. The third kappa shape index (κ3) is 3.97. The summed E-state index contributed by atoms with van der Waals surface area (Å²) >= 11 is 0. The molecule has 0 aliphatic rings. The molecule has 28 heavy (non-hydrogen) atoms. The first kappa shape index (κ1) is 19.8. The second kappa shape index (κ2) is 8.35. The summed E-state index contributed by atoms with van der Waals surface area (Å²) in [5.74, 6) is 0.926. The molecule has 0 aliphatic heterocycles. The standard InChI is InChI=1S/C22H24O6/c1-13(2)17(23)7-5-14(3)9-11-27-22-20-16(10-12-26-20)19(25-4)15-6-8-18(24)28-21(15)22/h6,8-10,12,17,23H,1,5,7,11H2,2-4H3. The van der Waals surface area contributed by atoms with Gasteiger partial charge >= 0.3 is 5.63 Å². The van der Waals surface area contributed by atoms with Crippen LogP contribution < -0.4 is 15.1 Å². The predicted octanol–water partition coefficient (Wildman–Crippen LogP) is 4.59. The van der Waals surface area contributed by atoms with Crippen LogP contribution in [-0.2, 0) is 0 Å². The van der Waals surface area contributed by atoms with E-state index in [1.807, 2.05) is 19.9 Å². The normalized spacial score (nSPS) is 13.1. The molecule has 1 atom stereocenters. The Morgan fingerprint density at radius 3 is 2.68 bits per heavy atom. The van der Waals surface area contributed by atoms with Crippen molar-refractivity contribution >= 4 is 21.9 Å². The zero-order chi connectivity index (χ0) is 20.3. The Bertz CT molecular complexity index is 1090. The summed E-state index contributed by atoms with van der Waals surface area (Å²) in [6.45, 7) is 7.81. The highest BCUT2D eigenvalue weighted by Gasteiger charge is 2.20. The number of furan rings is 1. The molecular weight excluding hydrogens is 360 g/mol. The van der Waals surface area contributed by atoms with Crippen LogP contribution in [0.25, 0.3) is 21.9 Å². The number of benzene rings is 1. The Kier molecular flexibility index (Phi) is 5.90. The average Bonchev–Trinajstić information content (AvgIpc) is 3.15. The van der Waals surface area contributed by atoms with Gasteiger partial charge in [0.1, 0.15) is 12.4 Å². The molecule has 0 fully saturated rings. The van der Waals surface area contributed by atoms with Crippen molar-refractivity contribution < 1.29 is 23.4 Å². The molecule has 0 spiro atoms. The van der Waals surface area contributed by atoms with E-state index >= 15 is 0 Å². The smallest absolute Gasteiger partial charge is 0.336 e. The van der Waals surface area contributed by atoms with Crippen LogP contribution in [0.3, 0.4) is 0 Å². The van der Waals surface area contributed by atoms with Gasteiger partial charge < -0.3 is 23.4 Å². The second-order valence-electron chi connectivity index (χ2n) is 6.79. The average molecular weight is 384 g/mol. The van der Waals surface area contributed by atoms with Crippen LogP contribution in [0.5, 0.6) is 11.5 Å². The zero-order valence-corrected chi connectivity index (χ0v) is 16.3. The van der Waals surface area contributed by atoms with Crippen LogP contribution in [0, 0.1) is 0 Å². The number of hydrogen-bond donors (Lipinski definition) is 1. The van der Waals surface area contributed by atoms with Crippen molar-refractivity contribution in [2.45, 2.75) is 32.8 Å². The first-order valence-corrected chi connectivity index (χ1v) is 9.05. The van der Waals surface area contributed by atoms with Crippen LogP contribution in [0.15, 0.2) is 61.9 Å². The molecule has 0 amide bonds. The molecule has 2 heterocycles. The molecule has 148 valence electrons. The quantitative estimate of drug-likeness (QED) is 0.452. The molecule has 6 nitrogen and oxygen atoms in total. The molecule has 0 radical (unpaired) electrons. The summed E-state index contributed by atoms with van der Waals surface area (Å²) in [7, 11) is 1.55. The molecule has 0 saturated heterocycles. The van der Waals surface area contributed by atoms with Crippen LogP contribution in [0.4, 0.5) is 0 Å². The maximum atomic E-state index is 11.8. The van der Waals surface area contributed by atoms with Gasteiger partial charge in [0.05, 0.1) is 30.2 Å².